The lowest BCUT2D eigenvalue weighted by atomic mass is 9.70. The molecular formula is C22H27N4O5S2+. The Morgan fingerprint density at radius 1 is 1.24 bits per heavy atom. The van der Waals surface area contributed by atoms with Gasteiger partial charge in [0.15, 0.2) is 0 Å². The maximum absolute atomic E-state index is 12.9. The van der Waals surface area contributed by atoms with Crippen molar-refractivity contribution in [3.8, 4) is 0 Å². The molecule has 0 saturated carbocycles. The molecule has 0 unspecified atom stereocenters. The van der Waals surface area contributed by atoms with Crippen molar-refractivity contribution in [2.45, 2.75) is 37.1 Å². The van der Waals surface area contributed by atoms with Gasteiger partial charge in [-0.3, -0.25) is 19.3 Å². The molecule has 5 aliphatic rings. The zero-order valence-electron chi connectivity index (χ0n) is 18.1. The molecule has 0 radical (unpaired) electrons. The second kappa shape index (κ2) is 8.14. The van der Waals surface area contributed by atoms with E-state index < -0.39 is 22.8 Å². The molecule has 4 fully saturated rings. The second-order valence-electron chi connectivity index (χ2n) is 9.53. The van der Waals surface area contributed by atoms with E-state index in [4.69, 9.17) is 5.73 Å². The quantitative estimate of drug-likeness (QED) is 0.377. The first-order valence-electron chi connectivity index (χ1n) is 11.1. The highest BCUT2D eigenvalue weighted by molar-refractivity contribution is 8.00. The Bertz CT molecular complexity index is 1030. The Kier molecular flexibility index (Phi) is 5.53. The first kappa shape index (κ1) is 22.4. The summed E-state index contributed by atoms with van der Waals surface area (Å²) < 4.78 is 0.745. The lowest BCUT2D eigenvalue weighted by molar-refractivity contribution is -0.940. The number of aliphatic carboxylic acids is 1. The van der Waals surface area contributed by atoms with E-state index in [0.717, 1.165) is 53.8 Å². The molecule has 4 N–H and O–H groups in total. The van der Waals surface area contributed by atoms with E-state index in [0.29, 0.717) is 12.3 Å². The number of carboxylic acids is 1. The second-order valence-corrected chi connectivity index (χ2v) is 11.7. The Hall–Kier alpha value is -2.37. The van der Waals surface area contributed by atoms with Crippen LogP contribution in [0.3, 0.4) is 0 Å². The summed E-state index contributed by atoms with van der Waals surface area (Å²) in [4.78, 5) is 51.7. The van der Waals surface area contributed by atoms with Crippen LogP contribution in [0.4, 0.5) is 0 Å². The number of hydrogen-bond acceptors (Lipinski definition) is 6. The van der Waals surface area contributed by atoms with Gasteiger partial charge in [0, 0.05) is 35.5 Å². The minimum atomic E-state index is -1.11. The summed E-state index contributed by atoms with van der Waals surface area (Å²) >= 11 is 2.99. The normalized spacial score (nSPS) is 32.8. The molecule has 1 aromatic rings. The maximum Gasteiger partial charge on any atom is 0.352 e. The number of β-lactam (4-membered cyclic amide) rings is 1. The van der Waals surface area contributed by atoms with Crippen molar-refractivity contribution in [2.24, 2.45) is 11.1 Å². The number of thiophene rings is 1. The Morgan fingerprint density at radius 3 is 2.52 bits per heavy atom. The summed E-state index contributed by atoms with van der Waals surface area (Å²) in [7, 11) is 0. The van der Waals surface area contributed by atoms with Crippen LogP contribution in [0.15, 0.2) is 28.8 Å². The summed E-state index contributed by atoms with van der Waals surface area (Å²) in [6, 6.07) is 3.04. The number of carbonyl (C=O) groups is 4. The molecule has 6 rings (SSSR count). The van der Waals surface area contributed by atoms with Gasteiger partial charge >= 0.3 is 5.97 Å². The fourth-order valence-electron chi connectivity index (χ4n) is 5.68. The summed E-state index contributed by atoms with van der Waals surface area (Å²) in [6.45, 7) is 2.95. The maximum atomic E-state index is 12.9. The van der Waals surface area contributed by atoms with Crippen molar-refractivity contribution < 1.29 is 28.8 Å². The molecule has 33 heavy (non-hydrogen) atoms. The lowest BCUT2D eigenvalue weighted by Crippen LogP contribution is -2.71. The predicted octanol–water partition coefficient (Wildman–Crippen LogP) is 0.515. The highest BCUT2D eigenvalue weighted by atomic mass is 32.2. The average molecular weight is 492 g/mol. The zero-order valence-corrected chi connectivity index (χ0v) is 19.8. The van der Waals surface area contributed by atoms with Crippen LogP contribution < -0.4 is 11.1 Å². The van der Waals surface area contributed by atoms with Gasteiger partial charge < -0.3 is 20.6 Å². The predicted molar refractivity (Wildman–Crippen MR) is 123 cm³/mol. The summed E-state index contributed by atoms with van der Waals surface area (Å²) in [5.41, 5.74) is 6.08. The van der Waals surface area contributed by atoms with Crippen molar-refractivity contribution in [1.29, 1.82) is 0 Å². The van der Waals surface area contributed by atoms with Crippen LogP contribution in [0.25, 0.3) is 0 Å². The number of nitrogens with one attached hydrogen (secondary N) is 1. The molecule has 6 heterocycles. The van der Waals surface area contributed by atoms with Crippen LogP contribution >= 0.6 is 23.1 Å². The lowest BCUT2D eigenvalue weighted by Gasteiger charge is -2.55. The smallest absolute Gasteiger partial charge is 0.352 e. The molecule has 3 amide bonds. The van der Waals surface area contributed by atoms with Crippen molar-refractivity contribution in [2.75, 3.05) is 31.9 Å². The van der Waals surface area contributed by atoms with Gasteiger partial charge in [-0.15, -0.1) is 23.1 Å². The van der Waals surface area contributed by atoms with Crippen LogP contribution in [-0.2, 0) is 25.6 Å². The number of nitrogens with zero attached hydrogens (tertiary/aromatic N) is 2. The largest absolute Gasteiger partial charge is 0.477 e. The number of piperidine rings is 3. The zero-order chi connectivity index (χ0) is 23.4. The molecule has 4 saturated heterocycles. The fourth-order valence-corrected chi connectivity index (χ4v) is 7.72. The van der Waals surface area contributed by atoms with Gasteiger partial charge in [0.1, 0.15) is 23.7 Å². The number of amides is 3. The molecule has 1 aromatic heterocycles. The third-order valence-corrected chi connectivity index (χ3v) is 9.94. The first-order valence-corrected chi connectivity index (χ1v) is 13.0. The topological polar surface area (TPSA) is 130 Å². The standard InChI is InChI=1S/C22H26N4O5S2/c23-21(31)22-3-6-26(7-4-22,8-5-22)11-13-12-33-19-16(18(28)25(19)17(13)20(29)30)24-15(27)10-14-2-1-9-32-14/h1-2,9,16,19H,3-8,10-12H2,(H3-,23,24,27,29,30,31)/p+1/t16-,19-,22?,26?/m1/s1. The van der Waals surface area contributed by atoms with Crippen LogP contribution in [0.2, 0.25) is 0 Å². The number of thioether (sulfide) groups is 1. The van der Waals surface area contributed by atoms with E-state index in [2.05, 4.69) is 5.32 Å². The van der Waals surface area contributed by atoms with Crippen molar-refractivity contribution in [3.63, 3.8) is 0 Å². The molecule has 176 valence electrons. The van der Waals surface area contributed by atoms with Gasteiger partial charge in [0.05, 0.1) is 31.5 Å². The number of carbonyl (C=O) groups excluding carboxylic acids is 3. The number of quaternary nitrogens is 1. The van der Waals surface area contributed by atoms with Crippen LogP contribution in [0.5, 0.6) is 0 Å². The van der Waals surface area contributed by atoms with Gasteiger partial charge in [-0.1, -0.05) is 6.07 Å². The van der Waals surface area contributed by atoms with Crippen LogP contribution in [0.1, 0.15) is 24.1 Å². The summed E-state index contributed by atoms with van der Waals surface area (Å²) in [6.07, 6.45) is 2.40. The van der Waals surface area contributed by atoms with Gasteiger partial charge in [-0.2, -0.15) is 0 Å². The van der Waals surface area contributed by atoms with E-state index in [1.807, 2.05) is 17.5 Å². The number of rotatable bonds is 7. The minimum absolute atomic E-state index is 0.0670. The average Bonchev–Trinajstić information content (AvgIpc) is 3.31. The number of fused-ring (bicyclic) bond motifs is 4. The van der Waals surface area contributed by atoms with Crippen LogP contribution in [-0.4, -0.2) is 81.5 Å². The summed E-state index contributed by atoms with van der Waals surface area (Å²) in [5, 5.41) is 14.3. The third-order valence-electron chi connectivity index (χ3n) is 7.72. The van der Waals surface area contributed by atoms with Gasteiger partial charge in [0.2, 0.25) is 11.8 Å². The highest BCUT2D eigenvalue weighted by Crippen LogP contribution is 2.46. The van der Waals surface area contributed by atoms with E-state index in [9.17, 15) is 24.3 Å². The Labute approximate surface area is 199 Å². The molecule has 5 aliphatic heterocycles. The van der Waals surface area contributed by atoms with Crippen LogP contribution in [0, 0.1) is 5.41 Å². The molecule has 11 heteroatoms. The molecule has 2 bridgehead atoms. The first-order chi connectivity index (χ1) is 15.7. The molecule has 2 atom stereocenters. The van der Waals surface area contributed by atoms with E-state index in [-0.39, 0.29) is 29.8 Å². The number of carboxylic acid groups (broad SMARTS) is 1. The van der Waals surface area contributed by atoms with E-state index in [1.54, 1.807) is 0 Å². The number of primary amides is 1. The number of hydrogen-bond donors (Lipinski definition) is 3. The van der Waals surface area contributed by atoms with E-state index in [1.165, 1.54) is 28.0 Å². The minimum Gasteiger partial charge on any atom is -0.477 e. The van der Waals surface area contributed by atoms with Gasteiger partial charge in [0.25, 0.3) is 5.91 Å². The summed E-state index contributed by atoms with van der Waals surface area (Å²) in [5.74, 6) is -1.42. The van der Waals surface area contributed by atoms with Gasteiger partial charge in [-0.05, 0) is 11.4 Å². The Morgan fingerprint density at radius 2 is 1.94 bits per heavy atom. The monoisotopic (exact) mass is 491 g/mol. The fraction of sp³-hybridized carbons (Fsp3) is 0.545. The third kappa shape index (κ3) is 3.75. The van der Waals surface area contributed by atoms with Gasteiger partial charge in [-0.25, -0.2) is 4.79 Å². The SMILES string of the molecule is NC(=O)C12CC[N+](CC3=C(C(=O)O)N4C(=O)[C@@H](NC(=O)Cc5cccs5)[C@H]4SC3)(CC1)CC2. The number of nitrogens with two attached hydrogens (primary N) is 1. The molecule has 0 aliphatic carbocycles. The molecule has 9 nitrogen and oxygen atoms in total. The van der Waals surface area contributed by atoms with Crippen molar-refractivity contribution >= 4 is 46.8 Å². The molecule has 0 spiro atoms. The highest BCUT2D eigenvalue weighted by Gasteiger charge is 2.56. The Balaban J connectivity index is 1.29. The van der Waals surface area contributed by atoms with Crippen molar-refractivity contribution in [1.82, 2.24) is 10.2 Å². The van der Waals surface area contributed by atoms with E-state index >= 15 is 0 Å². The molecule has 0 aromatic carbocycles. The molecular weight excluding hydrogens is 464 g/mol. The van der Waals surface area contributed by atoms with Crippen molar-refractivity contribution in [3.05, 3.63) is 33.7 Å².